The summed E-state index contributed by atoms with van der Waals surface area (Å²) in [5.41, 5.74) is 0.657. The Labute approximate surface area is 95.8 Å². The van der Waals surface area contributed by atoms with Crippen molar-refractivity contribution in [2.45, 2.75) is 0 Å². The summed E-state index contributed by atoms with van der Waals surface area (Å²) in [4.78, 5) is 0. The molecule has 15 heavy (non-hydrogen) atoms. The normalized spacial score (nSPS) is 16.7. The predicted molar refractivity (Wildman–Crippen MR) is 59.3 cm³/mol. The van der Waals surface area contributed by atoms with Crippen LogP contribution in [-0.4, -0.2) is 15.5 Å². The largest absolute Gasteiger partial charge is 0.493 e. The molecule has 0 aliphatic carbocycles. The number of hydrogen-bond donors (Lipinski definition) is 0. The first-order chi connectivity index (χ1) is 7.03. The van der Waals surface area contributed by atoms with Crippen molar-refractivity contribution in [1.82, 2.24) is 0 Å². The van der Waals surface area contributed by atoms with Gasteiger partial charge < -0.3 is 8.92 Å². The monoisotopic (exact) mass is 290 g/mol. The van der Waals surface area contributed by atoms with Gasteiger partial charge in [0.25, 0.3) is 0 Å². The Hall–Kier alpha value is -1.01. The third-order valence-electron chi connectivity index (χ3n) is 1.93. The minimum atomic E-state index is -3.63. The number of fused-ring (bicyclic) bond motifs is 1. The highest BCUT2D eigenvalue weighted by atomic mass is 79.9. The van der Waals surface area contributed by atoms with Crippen LogP contribution in [0.1, 0.15) is 5.56 Å². The van der Waals surface area contributed by atoms with Crippen molar-refractivity contribution in [1.29, 1.82) is 0 Å². The first-order valence-corrected chi connectivity index (χ1v) is 6.29. The van der Waals surface area contributed by atoms with E-state index in [0.29, 0.717) is 11.3 Å². The summed E-state index contributed by atoms with van der Waals surface area (Å²) >= 11 is 3.30. The second-order valence-corrected chi connectivity index (χ2v) is 5.15. The maximum atomic E-state index is 11.2. The zero-order valence-corrected chi connectivity index (χ0v) is 10.1. The van der Waals surface area contributed by atoms with Crippen molar-refractivity contribution in [2.24, 2.45) is 0 Å². The highest BCUT2D eigenvalue weighted by molar-refractivity contribution is 9.10. The Bertz CT molecular complexity index is 533. The van der Waals surface area contributed by atoms with Gasteiger partial charge in [-0.05, 0) is 18.2 Å². The third kappa shape index (κ3) is 1.87. The third-order valence-corrected chi connectivity index (χ3v) is 3.49. The minimum absolute atomic E-state index is 0.217. The second-order valence-electron chi connectivity index (χ2n) is 2.87. The molecular formula is C9H7BrO4S. The van der Waals surface area contributed by atoms with E-state index in [-0.39, 0.29) is 5.75 Å². The molecule has 0 amide bonds. The van der Waals surface area contributed by atoms with E-state index in [2.05, 4.69) is 15.9 Å². The Balaban J connectivity index is 2.69. The van der Waals surface area contributed by atoms with Crippen LogP contribution >= 0.6 is 15.9 Å². The zero-order chi connectivity index (χ0) is 11.1. The van der Waals surface area contributed by atoms with Crippen LogP contribution < -0.4 is 8.92 Å². The lowest BCUT2D eigenvalue weighted by Gasteiger charge is -2.16. The molecule has 1 heterocycles. The Morgan fingerprint density at radius 3 is 2.80 bits per heavy atom. The fourth-order valence-electron chi connectivity index (χ4n) is 1.25. The maximum Gasteiger partial charge on any atom is 0.332 e. The van der Waals surface area contributed by atoms with Crippen molar-refractivity contribution in [2.75, 3.05) is 7.11 Å². The standard InChI is InChI=1S/C9H7BrO4S/c1-13-8-3-2-7(10)6-4-5-15(11,12)14-9(6)8/h2-5H,1H3. The van der Waals surface area contributed by atoms with Crippen LogP contribution in [0.15, 0.2) is 22.0 Å². The van der Waals surface area contributed by atoms with Gasteiger partial charge in [-0.25, -0.2) is 0 Å². The summed E-state index contributed by atoms with van der Waals surface area (Å²) in [6.45, 7) is 0. The minimum Gasteiger partial charge on any atom is -0.493 e. The smallest absolute Gasteiger partial charge is 0.332 e. The topological polar surface area (TPSA) is 52.6 Å². The van der Waals surface area contributed by atoms with Crippen molar-refractivity contribution in [3.8, 4) is 11.5 Å². The van der Waals surface area contributed by atoms with Crippen molar-refractivity contribution in [3.05, 3.63) is 27.6 Å². The second kappa shape index (κ2) is 3.53. The van der Waals surface area contributed by atoms with Gasteiger partial charge in [0.2, 0.25) is 0 Å². The fraction of sp³-hybridized carbons (Fsp3) is 0.111. The van der Waals surface area contributed by atoms with Gasteiger partial charge in [-0.1, -0.05) is 15.9 Å². The van der Waals surface area contributed by atoms with Crippen LogP contribution in [0.4, 0.5) is 0 Å². The van der Waals surface area contributed by atoms with E-state index in [1.165, 1.54) is 13.2 Å². The number of benzene rings is 1. The summed E-state index contributed by atoms with van der Waals surface area (Å²) in [5, 5.41) is 1.01. The van der Waals surface area contributed by atoms with Crippen LogP contribution in [0.2, 0.25) is 0 Å². The molecule has 0 unspecified atom stereocenters. The van der Waals surface area contributed by atoms with E-state index in [1.54, 1.807) is 12.1 Å². The van der Waals surface area contributed by atoms with E-state index in [9.17, 15) is 8.42 Å². The SMILES string of the molecule is COc1ccc(Br)c2c1OS(=O)(=O)C=C2. The molecule has 0 fully saturated rings. The van der Waals surface area contributed by atoms with Crippen LogP contribution in [-0.2, 0) is 10.1 Å². The van der Waals surface area contributed by atoms with Gasteiger partial charge in [-0.3, -0.25) is 0 Å². The average molecular weight is 291 g/mol. The number of rotatable bonds is 1. The lowest BCUT2D eigenvalue weighted by molar-refractivity contribution is 0.391. The van der Waals surface area contributed by atoms with Crippen LogP contribution in [0.5, 0.6) is 11.5 Å². The van der Waals surface area contributed by atoms with Gasteiger partial charge in [0.15, 0.2) is 11.5 Å². The van der Waals surface area contributed by atoms with Gasteiger partial charge in [0.05, 0.1) is 12.5 Å². The molecule has 0 aromatic heterocycles. The lowest BCUT2D eigenvalue weighted by Crippen LogP contribution is -2.10. The Kier molecular flexibility index (Phi) is 2.47. The molecule has 0 radical (unpaired) electrons. The van der Waals surface area contributed by atoms with E-state index < -0.39 is 10.1 Å². The first-order valence-electron chi connectivity index (χ1n) is 4.02. The summed E-state index contributed by atoms with van der Waals surface area (Å²) in [6.07, 6.45) is 1.47. The van der Waals surface area contributed by atoms with Crippen LogP contribution in [0.3, 0.4) is 0 Å². The molecule has 1 aliphatic rings. The molecule has 0 atom stereocenters. The van der Waals surface area contributed by atoms with E-state index in [1.807, 2.05) is 0 Å². The molecule has 80 valence electrons. The van der Waals surface area contributed by atoms with Gasteiger partial charge >= 0.3 is 10.1 Å². The molecule has 0 N–H and O–H groups in total. The average Bonchev–Trinajstić information content (AvgIpc) is 2.17. The summed E-state index contributed by atoms with van der Waals surface area (Å²) in [6, 6.07) is 3.40. The molecule has 0 saturated heterocycles. The van der Waals surface area contributed by atoms with Crippen LogP contribution in [0.25, 0.3) is 6.08 Å². The van der Waals surface area contributed by atoms with Crippen LogP contribution in [0, 0.1) is 0 Å². The van der Waals surface area contributed by atoms with E-state index >= 15 is 0 Å². The quantitative estimate of drug-likeness (QED) is 0.744. The molecule has 6 heteroatoms. The Morgan fingerprint density at radius 2 is 2.13 bits per heavy atom. The summed E-state index contributed by atoms with van der Waals surface area (Å²) in [7, 11) is -2.17. The first kappa shape index (κ1) is 10.5. The van der Waals surface area contributed by atoms with Crippen molar-refractivity contribution < 1.29 is 17.3 Å². The predicted octanol–water partition coefficient (Wildman–Crippen LogP) is 2.15. The molecule has 1 aromatic rings. The van der Waals surface area contributed by atoms with Gasteiger partial charge in [0, 0.05) is 10.0 Å². The van der Waals surface area contributed by atoms with E-state index in [4.69, 9.17) is 8.92 Å². The Morgan fingerprint density at radius 1 is 1.40 bits per heavy atom. The fourth-order valence-corrected chi connectivity index (χ4v) is 2.46. The maximum absolute atomic E-state index is 11.2. The molecule has 2 rings (SSSR count). The molecular weight excluding hydrogens is 284 g/mol. The number of methoxy groups -OCH3 is 1. The molecule has 1 aliphatic heterocycles. The van der Waals surface area contributed by atoms with Gasteiger partial charge in [0.1, 0.15) is 0 Å². The number of hydrogen-bond acceptors (Lipinski definition) is 4. The zero-order valence-electron chi connectivity index (χ0n) is 7.73. The van der Waals surface area contributed by atoms with Gasteiger partial charge in [-0.2, -0.15) is 8.42 Å². The molecule has 0 saturated carbocycles. The number of halogens is 1. The van der Waals surface area contributed by atoms with Crippen molar-refractivity contribution >= 4 is 32.1 Å². The molecule has 4 nitrogen and oxygen atoms in total. The highest BCUT2D eigenvalue weighted by Crippen LogP contribution is 2.40. The summed E-state index contributed by atoms with van der Waals surface area (Å²) in [5.74, 6) is 0.607. The summed E-state index contributed by atoms with van der Waals surface area (Å²) < 4.78 is 33.0. The molecule has 0 bridgehead atoms. The molecule has 1 aromatic carbocycles. The van der Waals surface area contributed by atoms with E-state index in [0.717, 1.165) is 9.88 Å². The lowest BCUT2D eigenvalue weighted by atomic mass is 10.2. The number of ether oxygens (including phenoxy) is 1. The van der Waals surface area contributed by atoms with Crippen molar-refractivity contribution in [3.63, 3.8) is 0 Å². The molecule has 0 spiro atoms. The van der Waals surface area contributed by atoms with Gasteiger partial charge in [-0.15, -0.1) is 0 Å². The highest BCUT2D eigenvalue weighted by Gasteiger charge is 2.22.